The molecule has 12 nitrogen and oxygen atoms in total. The maximum atomic E-state index is 11.8. The molecule has 13 heteroatoms. The molecule has 2 aromatic rings. The van der Waals surface area contributed by atoms with E-state index < -0.39 is 47.6 Å². The first kappa shape index (κ1) is 19.5. The topological polar surface area (TPSA) is 187 Å². The number of amides is 1. The Hall–Kier alpha value is -2.82. The molecule has 0 saturated carbocycles. The van der Waals surface area contributed by atoms with Gasteiger partial charge in [0.25, 0.3) is 5.69 Å². The van der Waals surface area contributed by atoms with Crippen LogP contribution in [0.2, 0.25) is 0 Å². The highest BCUT2D eigenvalue weighted by Gasteiger charge is 2.32. The molecule has 0 fully saturated rings. The molecule has 4 N–H and O–H groups in total. The second-order valence-corrected chi connectivity index (χ2v) is 7.49. The third-order valence-electron chi connectivity index (χ3n) is 3.79. The second kappa shape index (κ2) is 6.83. The normalized spacial score (nSPS) is 12.8. The van der Waals surface area contributed by atoms with Crippen LogP contribution >= 0.6 is 7.60 Å². The first-order valence-corrected chi connectivity index (χ1v) is 8.86. The van der Waals surface area contributed by atoms with Crippen LogP contribution in [0, 0.1) is 10.1 Å². The predicted octanol–water partition coefficient (Wildman–Crippen LogP) is -0.00320. The summed E-state index contributed by atoms with van der Waals surface area (Å²) in [5.74, 6) is -2.18. The molecule has 1 unspecified atom stereocenters. The number of rotatable bonds is 5. The fourth-order valence-corrected chi connectivity index (χ4v) is 2.99. The molecule has 0 aliphatic heterocycles. The molecule has 140 valence electrons. The first-order chi connectivity index (χ1) is 11.9. The molecule has 1 amide bonds. The first-order valence-electron chi connectivity index (χ1n) is 7.18. The highest BCUT2D eigenvalue weighted by atomic mass is 31.2. The van der Waals surface area contributed by atoms with E-state index in [-0.39, 0.29) is 16.6 Å². The minimum absolute atomic E-state index is 0.0179. The summed E-state index contributed by atoms with van der Waals surface area (Å²) in [7, 11) is -4.67. The van der Waals surface area contributed by atoms with E-state index in [4.69, 9.17) is 0 Å². The number of nitrogens with one attached hydrogen (secondary N) is 2. The summed E-state index contributed by atoms with van der Waals surface area (Å²) in [5, 5.41) is 11.1. The quantitative estimate of drug-likeness (QED) is 0.239. The molecular weight excluding hydrogens is 371 g/mol. The maximum absolute atomic E-state index is 11.8. The molecule has 1 aromatic carbocycles. The van der Waals surface area contributed by atoms with Gasteiger partial charge in [-0.1, -0.05) is 0 Å². The summed E-state index contributed by atoms with van der Waals surface area (Å²) in [6.45, 7) is 1.78. The number of nitro groups is 1. The van der Waals surface area contributed by atoms with Crippen LogP contribution in [0.15, 0.2) is 21.7 Å². The van der Waals surface area contributed by atoms with E-state index >= 15 is 0 Å². The molecule has 2 rings (SSSR count). The maximum Gasteiger partial charge on any atom is 0.347 e. The summed E-state index contributed by atoms with van der Waals surface area (Å²) in [5.41, 5.74) is -2.45. The van der Waals surface area contributed by atoms with Gasteiger partial charge in [-0.2, -0.15) is 0 Å². The summed E-state index contributed by atoms with van der Waals surface area (Å²) in [6, 6.07) is 2.08. The van der Waals surface area contributed by atoms with Crippen molar-refractivity contribution in [1.82, 2.24) is 14.9 Å². The molecule has 1 aromatic heterocycles. The van der Waals surface area contributed by atoms with E-state index in [1.54, 1.807) is 0 Å². The Morgan fingerprint density at radius 1 is 1.31 bits per heavy atom. The lowest BCUT2D eigenvalue weighted by Crippen LogP contribution is -2.37. The highest BCUT2D eigenvalue weighted by molar-refractivity contribution is 7.52. The molecule has 0 radical (unpaired) electrons. The Bertz CT molecular complexity index is 1050. The molecule has 26 heavy (non-hydrogen) atoms. The second-order valence-electron chi connectivity index (χ2n) is 5.56. The van der Waals surface area contributed by atoms with Gasteiger partial charge in [0.2, 0.25) is 5.91 Å². The molecule has 0 saturated heterocycles. The largest absolute Gasteiger partial charge is 0.347 e. The van der Waals surface area contributed by atoms with E-state index in [1.807, 2.05) is 0 Å². The number of carbonyl (C=O) groups excluding carboxylic acids is 1. The smallest absolute Gasteiger partial charge is 0.324 e. The highest BCUT2D eigenvalue weighted by Crippen LogP contribution is 2.43. The lowest BCUT2D eigenvalue weighted by Gasteiger charge is -2.28. The Balaban J connectivity index is 2.70. The van der Waals surface area contributed by atoms with Crippen molar-refractivity contribution in [1.29, 1.82) is 0 Å². The van der Waals surface area contributed by atoms with Crippen LogP contribution in [0.3, 0.4) is 0 Å². The monoisotopic (exact) mass is 386 g/mol. The standard InChI is InChI=1S/C13H15N4O8P/c1-6(18)16(7(2)26(23,24)25)5-8-3-9(17(21)22)4-10-11(8)15-13(20)12(19)14-10/h3-4,7H,5H2,1-2H3,(H,14,19)(H,15,20)(H2,23,24,25). The van der Waals surface area contributed by atoms with E-state index in [0.717, 1.165) is 30.9 Å². The number of aromatic amines is 2. The SMILES string of the molecule is CC(=O)N(Cc1cc([N+](=O)[O-])cc2[nH]c(=O)c(=O)[nH]c12)C(C)P(=O)(O)O. The van der Waals surface area contributed by atoms with Crippen LogP contribution in [0.4, 0.5) is 5.69 Å². The lowest BCUT2D eigenvalue weighted by atomic mass is 10.1. The third-order valence-corrected chi connectivity index (χ3v) is 5.04. The number of hydrogen-bond acceptors (Lipinski definition) is 6. The zero-order chi connectivity index (χ0) is 19.8. The van der Waals surface area contributed by atoms with Crippen molar-refractivity contribution >= 4 is 30.2 Å². The number of hydrogen-bond donors (Lipinski definition) is 4. The molecular formula is C13H15N4O8P. The van der Waals surface area contributed by atoms with Gasteiger partial charge >= 0.3 is 18.7 Å². The van der Waals surface area contributed by atoms with Crippen molar-refractivity contribution < 1.29 is 24.1 Å². The van der Waals surface area contributed by atoms with Crippen molar-refractivity contribution in [2.24, 2.45) is 0 Å². The zero-order valence-corrected chi connectivity index (χ0v) is 14.5. The van der Waals surface area contributed by atoms with E-state index in [2.05, 4.69) is 9.97 Å². The van der Waals surface area contributed by atoms with Gasteiger partial charge in [-0.25, -0.2) is 0 Å². The zero-order valence-electron chi connectivity index (χ0n) is 13.6. The van der Waals surface area contributed by atoms with Crippen LogP contribution in [0.25, 0.3) is 11.0 Å². The minimum Gasteiger partial charge on any atom is -0.324 e. The van der Waals surface area contributed by atoms with Crippen molar-refractivity contribution in [2.45, 2.75) is 26.2 Å². The lowest BCUT2D eigenvalue weighted by molar-refractivity contribution is -0.384. The fourth-order valence-electron chi connectivity index (χ4n) is 2.38. The van der Waals surface area contributed by atoms with Gasteiger partial charge in [0.1, 0.15) is 5.78 Å². The number of fused-ring (bicyclic) bond motifs is 1. The van der Waals surface area contributed by atoms with E-state index in [1.165, 1.54) is 0 Å². The van der Waals surface area contributed by atoms with Crippen molar-refractivity contribution in [3.05, 3.63) is 48.5 Å². The van der Waals surface area contributed by atoms with Crippen molar-refractivity contribution in [3.8, 4) is 0 Å². The number of H-pyrrole nitrogens is 2. The molecule has 1 atom stereocenters. The van der Waals surface area contributed by atoms with Crippen molar-refractivity contribution in [2.75, 3.05) is 0 Å². The van der Waals surface area contributed by atoms with Crippen LogP contribution < -0.4 is 11.1 Å². The van der Waals surface area contributed by atoms with Gasteiger partial charge in [-0.3, -0.25) is 29.1 Å². The minimum atomic E-state index is -4.67. The van der Waals surface area contributed by atoms with Crippen LogP contribution in [0.1, 0.15) is 19.4 Å². The van der Waals surface area contributed by atoms with Crippen LogP contribution in [-0.2, 0) is 15.9 Å². The van der Waals surface area contributed by atoms with Gasteiger partial charge < -0.3 is 24.7 Å². The number of nitrogens with zero attached hydrogens (tertiary/aromatic N) is 2. The van der Waals surface area contributed by atoms with E-state index in [9.17, 15) is 38.8 Å². The molecule has 0 spiro atoms. The molecule has 0 bridgehead atoms. The van der Waals surface area contributed by atoms with Gasteiger partial charge in [-0.15, -0.1) is 0 Å². The van der Waals surface area contributed by atoms with E-state index in [0.29, 0.717) is 0 Å². The van der Waals surface area contributed by atoms with Crippen molar-refractivity contribution in [3.63, 3.8) is 0 Å². The van der Waals surface area contributed by atoms with Gasteiger partial charge in [-0.05, 0) is 6.92 Å². The number of nitro benzene ring substituents is 1. The number of non-ortho nitro benzene ring substituents is 1. The molecule has 0 aliphatic carbocycles. The fraction of sp³-hybridized carbons (Fsp3) is 0.308. The number of carbonyl (C=O) groups is 1. The summed E-state index contributed by atoms with van der Waals surface area (Å²) >= 11 is 0. The Kier molecular flexibility index (Phi) is 5.12. The van der Waals surface area contributed by atoms with Crippen LogP contribution in [-0.4, -0.2) is 41.3 Å². The third kappa shape index (κ3) is 3.87. The number of benzene rings is 1. The molecule has 1 heterocycles. The average Bonchev–Trinajstić information content (AvgIpc) is 2.51. The predicted molar refractivity (Wildman–Crippen MR) is 89.6 cm³/mol. The number of aromatic nitrogens is 2. The van der Waals surface area contributed by atoms with Gasteiger partial charge in [0, 0.05) is 31.2 Å². The van der Waals surface area contributed by atoms with Gasteiger partial charge in [0.15, 0.2) is 0 Å². The Morgan fingerprint density at radius 2 is 1.88 bits per heavy atom. The van der Waals surface area contributed by atoms with Crippen LogP contribution in [0.5, 0.6) is 0 Å². The molecule has 0 aliphatic rings. The average molecular weight is 386 g/mol. The summed E-state index contributed by atoms with van der Waals surface area (Å²) < 4.78 is 11.5. The Labute approximate surface area is 144 Å². The van der Waals surface area contributed by atoms with Gasteiger partial charge in [0.05, 0.1) is 16.0 Å². The summed E-state index contributed by atoms with van der Waals surface area (Å²) in [6.07, 6.45) is 0. The Morgan fingerprint density at radius 3 is 2.38 bits per heavy atom. The summed E-state index contributed by atoms with van der Waals surface area (Å²) in [4.78, 5) is 69.2.